The number of rotatable bonds is 1. The predicted octanol–water partition coefficient (Wildman–Crippen LogP) is 3.72. The minimum atomic E-state index is -0.111. The van der Waals surface area contributed by atoms with Crippen LogP contribution in [0.1, 0.15) is 27.2 Å². The van der Waals surface area contributed by atoms with Gasteiger partial charge in [0.2, 0.25) is 0 Å². The van der Waals surface area contributed by atoms with Gasteiger partial charge in [-0.2, -0.15) is 5.26 Å². The quantitative estimate of drug-likeness (QED) is 0.614. The zero-order valence-corrected chi connectivity index (χ0v) is 12.1. The van der Waals surface area contributed by atoms with Crippen LogP contribution >= 0.6 is 40.0 Å². The Balaban J connectivity index is 0. The van der Waals surface area contributed by atoms with E-state index in [1.165, 1.54) is 0 Å². The molecule has 0 rings (SSSR count). The van der Waals surface area contributed by atoms with Crippen LogP contribution in [0.5, 0.6) is 0 Å². The Morgan fingerprint density at radius 1 is 1.50 bits per heavy atom. The Hall–Kier alpha value is 1.53. The summed E-state index contributed by atoms with van der Waals surface area (Å²) in [5.74, 6) is 0. The summed E-state index contributed by atoms with van der Waals surface area (Å²) in [4.78, 5) is 0. The van der Waals surface area contributed by atoms with Gasteiger partial charge in [-0.3, -0.25) is 0 Å². The van der Waals surface area contributed by atoms with Crippen molar-refractivity contribution in [3.05, 3.63) is 0 Å². The van der Waals surface area contributed by atoms with Gasteiger partial charge in [0.15, 0.2) is 0 Å². The molecule has 0 unspecified atom stereocenters. The molecule has 0 spiro atoms. The summed E-state index contributed by atoms with van der Waals surface area (Å²) in [6.07, 6.45) is 0.934. The average Bonchev–Trinajstić information content (AvgIpc) is 1.90. The summed E-state index contributed by atoms with van der Waals surface area (Å²) in [5, 5.41) is 8.34. The molecule has 0 radical (unpaired) electrons. The Kier molecular flexibility index (Phi) is 12.2. The van der Waals surface area contributed by atoms with Crippen molar-refractivity contribution < 1.29 is 9.47 Å². The fourth-order valence-corrected chi connectivity index (χ4v) is 0.0791. The number of nitriles is 1. The van der Waals surface area contributed by atoms with E-state index in [-0.39, 0.29) is 5.41 Å². The Morgan fingerprint density at radius 2 is 1.80 bits per heavy atom. The first-order valence-electron chi connectivity index (χ1n) is 2.87. The summed E-state index contributed by atoms with van der Waals surface area (Å²) in [6.45, 7) is 5.89. The molecule has 0 aliphatic heterocycles. The first kappa shape index (κ1) is 14.1. The Labute approximate surface area is 92.2 Å². The molecule has 0 aliphatic rings. The molecule has 0 atom stereocenters. The second-order valence-electron chi connectivity index (χ2n) is 2.41. The van der Waals surface area contributed by atoms with Crippen molar-refractivity contribution in [2.24, 2.45) is 5.41 Å². The van der Waals surface area contributed by atoms with Crippen molar-refractivity contribution in [1.82, 2.24) is 0 Å². The van der Waals surface area contributed by atoms with E-state index in [2.05, 4.69) is 46.0 Å². The second kappa shape index (κ2) is 8.63. The van der Waals surface area contributed by atoms with E-state index in [1.54, 1.807) is 0 Å². The molecule has 4 heteroatoms. The van der Waals surface area contributed by atoms with Crippen LogP contribution in [-0.4, -0.2) is 0 Å². The molecule has 0 aromatic rings. The average molecular weight is 402 g/mol. The van der Waals surface area contributed by atoms with Gasteiger partial charge >= 0.3 is 49.4 Å². The van der Waals surface area contributed by atoms with Crippen LogP contribution in [0.4, 0.5) is 0 Å². The number of hydrogen-bond acceptors (Lipinski definition) is 1. The molecule has 0 bridgehead atoms. The van der Waals surface area contributed by atoms with Gasteiger partial charge in [-0.25, -0.2) is 0 Å². The van der Waals surface area contributed by atoms with Gasteiger partial charge in [0.1, 0.15) is 0 Å². The molecule has 0 fully saturated rings. The van der Waals surface area contributed by atoms with E-state index in [0.29, 0.717) is 9.47 Å². The molecule has 0 aromatic heterocycles. The van der Waals surface area contributed by atoms with Crippen molar-refractivity contribution in [3.63, 3.8) is 0 Å². The number of hydrogen-bond donors (Lipinski definition) is 0. The molecule has 0 saturated carbocycles. The molecule has 0 N–H and O–H groups in total. The third-order valence-corrected chi connectivity index (χ3v) is 1.19. The molecule has 0 aromatic carbocycles. The van der Waals surface area contributed by atoms with Crippen LogP contribution in [0, 0.1) is 16.7 Å². The van der Waals surface area contributed by atoms with Crippen LogP contribution in [-0.2, 0) is 9.47 Å². The SMILES string of the molecule is CCC(C)(C)C#N.[I][V][I]. The van der Waals surface area contributed by atoms with Crippen LogP contribution in [0.2, 0.25) is 0 Å². The first-order chi connectivity index (χ1) is 4.54. The van der Waals surface area contributed by atoms with Gasteiger partial charge in [0.25, 0.3) is 0 Å². The Bertz CT molecular complexity index is 109. The van der Waals surface area contributed by atoms with E-state index in [4.69, 9.17) is 5.26 Å². The maximum atomic E-state index is 8.34. The molecular formula is C6H11I2NV. The molecule has 0 saturated heterocycles. The first-order valence-corrected chi connectivity index (χ1v) is 11.9. The summed E-state index contributed by atoms with van der Waals surface area (Å²) in [5.41, 5.74) is -0.111. The van der Waals surface area contributed by atoms with Gasteiger partial charge in [0.05, 0.1) is 11.5 Å². The second-order valence-corrected chi connectivity index (χ2v) is 14.2. The topological polar surface area (TPSA) is 23.8 Å². The summed E-state index contributed by atoms with van der Waals surface area (Å²) in [7, 11) is 0.628. The van der Waals surface area contributed by atoms with Gasteiger partial charge in [-0.1, -0.05) is 6.92 Å². The maximum absolute atomic E-state index is 8.34. The third kappa shape index (κ3) is 12.2. The number of nitrogens with zero attached hydrogens (tertiary/aromatic N) is 1. The summed E-state index contributed by atoms with van der Waals surface area (Å²) >= 11 is 4.74. The van der Waals surface area contributed by atoms with Crippen LogP contribution < -0.4 is 0 Å². The molecule has 0 amide bonds. The van der Waals surface area contributed by atoms with E-state index in [1.807, 2.05) is 20.8 Å². The van der Waals surface area contributed by atoms with Gasteiger partial charge in [-0.15, -0.1) is 0 Å². The molecule has 0 heterocycles. The molecule has 1 nitrogen and oxygen atoms in total. The van der Waals surface area contributed by atoms with E-state index >= 15 is 0 Å². The third-order valence-electron chi connectivity index (χ3n) is 1.19. The monoisotopic (exact) mass is 402 g/mol. The van der Waals surface area contributed by atoms with Crippen LogP contribution in [0.25, 0.3) is 0 Å². The van der Waals surface area contributed by atoms with Crippen molar-refractivity contribution in [3.8, 4) is 6.07 Å². The van der Waals surface area contributed by atoms with Crippen LogP contribution in [0.3, 0.4) is 0 Å². The number of halogens is 2. The van der Waals surface area contributed by atoms with Crippen molar-refractivity contribution >= 4 is 40.0 Å². The molecular weight excluding hydrogens is 391 g/mol. The van der Waals surface area contributed by atoms with Crippen molar-refractivity contribution in [2.75, 3.05) is 0 Å². The van der Waals surface area contributed by atoms with E-state index in [0.717, 1.165) is 6.42 Å². The van der Waals surface area contributed by atoms with Gasteiger partial charge in [-0.05, 0) is 20.3 Å². The van der Waals surface area contributed by atoms with E-state index in [9.17, 15) is 0 Å². The van der Waals surface area contributed by atoms with Gasteiger partial charge in [0, 0.05) is 0 Å². The van der Waals surface area contributed by atoms with Gasteiger partial charge < -0.3 is 0 Å². The van der Waals surface area contributed by atoms with Crippen LogP contribution in [0.15, 0.2) is 0 Å². The Morgan fingerprint density at radius 3 is 1.80 bits per heavy atom. The fourth-order valence-electron chi connectivity index (χ4n) is 0.0791. The standard InChI is InChI=1S/C6H11N.2HI.V/c1-4-6(2,3)5-7;;;/h4H2,1-3H3;2*1H;/q;;;+2/p-2. The summed E-state index contributed by atoms with van der Waals surface area (Å²) in [6, 6.07) is 2.19. The zero-order chi connectivity index (χ0) is 8.62. The zero-order valence-electron chi connectivity index (χ0n) is 6.36. The predicted molar refractivity (Wildman–Crippen MR) is 57.7 cm³/mol. The fraction of sp³-hybridized carbons (Fsp3) is 0.833. The normalized spacial score (nSPS) is 8.80. The minimum absolute atomic E-state index is 0.111. The molecule has 10 heavy (non-hydrogen) atoms. The van der Waals surface area contributed by atoms with E-state index < -0.39 is 0 Å². The molecule has 59 valence electrons. The van der Waals surface area contributed by atoms with Crippen molar-refractivity contribution in [2.45, 2.75) is 27.2 Å². The van der Waals surface area contributed by atoms with Crippen molar-refractivity contribution in [1.29, 1.82) is 5.26 Å². The molecule has 0 aliphatic carbocycles. The summed E-state index contributed by atoms with van der Waals surface area (Å²) < 4.78 is 0.